The Balaban J connectivity index is 1.93. The minimum absolute atomic E-state index is 0.329. The van der Waals surface area contributed by atoms with E-state index in [4.69, 9.17) is 16.3 Å². The van der Waals surface area contributed by atoms with Gasteiger partial charge in [0.2, 0.25) is 0 Å². The lowest BCUT2D eigenvalue weighted by Crippen LogP contribution is -2.30. The Hall–Kier alpha value is -0.570. The first-order valence-electron chi connectivity index (χ1n) is 7.22. The second-order valence-electron chi connectivity index (χ2n) is 5.76. The molecule has 3 heteroatoms. The summed E-state index contributed by atoms with van der Waals surface area (Å²) in [6.07, 6.45) is 2.67. The van der Waals surface area contributed by atoms with E-state index in [-0.39, 0.29) is 0 Å². The minimum atomic E-state index is 0.329. The van der Waals surface area contributed by atoms with Crippen molar-refractivity contribution in [2.75, 3.05) is 19.8 Å². The van der Waals surface area contributed by atoms with E-state index in [1.165, 1.54) is 18.4 Å². The summed E-state index contributed by atoms with van der Waals surface area (Å²) >= 11 is 6.30. The van der Waals surface area contributed by atoms with Gasteiger partial charge in [0.15, 0.2) is 0 Å². The van der Waals surface area contributed by atoms with E-state index in [9.17, 15) is 0 Å². The third-order valence-electron chi connectivity index (χ3n) is 3.49. The standard InChI is InChI=1S/C16H24ClNO/c1-12(2)18-9-14(11-19-10-13-7-8-13)15-5-3-4-6-16(15)17/h3-6,12-14,18H,7-11H2,1-2H3. The molecule has 1 atom stereocenters. The molecule has 0 heterocycles. The van der Waals surface area contributed by atoms with Gasteiger partial charge in [-0.2, -0.15) is 0 Å². The maximum Gasteiger partial charge on any atom is 0.0547 e. The first-order valence-corrected chi connectivity index (χ1v) is 7.60. The topological polar surface area (TPSA) is 21.3 Å². The molecule has 1 unspecified atom stereocenters. The molecule has 0 aliphatic heterocycles. The number of nitrogens with one attached hydrogen (secondary N) is 1. The van der Waals surface area contributed by atoms with Crippen molar-refractivity contribution in [2.24, 2.45) is 5.92 Å². The zero-order chi connectivity index (χ0) is 13.7. The second-order valence-corrected chi connectivity index (χ2v) is 6.17. The Bertz CT molecular complexity index is 390. The average Bonchev–Trinajstić information content (AvgIpc) is 3.18. The summed E-state index contributed by atoms with van der Waals surface area (Å²) in [6, 6.07) is 8.57. The lowest BCUT2D eigenvalue weighted by Gasteiger charge is -2.21. The predicted octanol–water partition coefficient (Wildman–Crippen LogP) is 3.85. The van der Waals surface area contributed by atoms with Gasteiger partial charge in [0, 0.05) is 30.1 Å². The van der Waals surface area contributed by atoms with Gasteiger partial charge in [-0.1, -0.05) is 43.6 Å². The number of halogens is 1. The fourth-order valence-corrected chi connectivity index (χ4v) is 2.39. The van der Waals surface area contributed by atoms with E-state index in [0.29, 0.717) is 12.0 Å². The molecule has 0 saturated heterocycles. The molecular formula is C16H24ClNO. The van der Waals surface area contributed by atoms with Crippen LogP contribution in [0.1, 0.15) is 38.2 Å². The Labute approximate surface area is 121 Å². The highest BCUT2D eigenvalue weighted by Gasteiger charge is 2.22. The Kier molecular flexibility index (Phi) is 5.68. The van der Waals surface area contributed by atoms with Crippen LogP contribution in [-0.2, 0) is 4.74 Å². The fraction of sp³-hybridized carbons (Fsp3) is 0.625. The van der Waals surface area contributed by atoms with Crippen LogP contribution < -0.4 is 5.32 Å². The second kappa shape index (κ2) is 7.28. The molecule has 2 nitrogen and oxygen atoms in total. The lowest BCUT2D eigenvalue weighted by atomic mass is 9.99. The summed E-state index contributed by atoms with van der Waals surface area (Å²) in [5.41, 5.74) is 1.19. The van der Waals surface area contributed by atoms with E-state index in [0.717, 1.165) is 30.7 Å². The Morgan fingerprint density at radius 2 is 2.05 bits per heavy atom. The zero-order valence-corrected chi connectivity index (χ0v) is 12.6. The molecule has 1 aliphatic rings. The van der Waals surface area contributed by atoms with Crippen LogP contribution in [0.4, 0.5) is 0 Å². The van der Waals surface area contributed by atoms with Crippen LogP contribution in [0.3, 0.4) is 0 Å². The maximum absolute atomic E-state index is 6.30. The molecule has 0 radical (unpaired) electrons. The first kappa shape index (κ1) is 14.8. The Morgan fingerprint density at radius 3 is 2.68 bits per heavy atom. The quantitative estimate of drug-likeness (QED) is 0.781. The summed E-state index contributed by atoms with van der Waals surface area (Å²) in [5, 5.41) is 4.33. The van der Waals surface area contributed by atoms with Gasteiger partial charge in [-0.3, -0.25) is 0 Å². The zero-order valence-electron chi connectivity index (χ0n) is 11.9. The van der Waals surface area contributed by atoms with Crippen LogP contribution in [0.5, 0.6) is 0 Å². The number of benzene rings is 1. The van der Waals surface area contributed by atoms with Crippen molar-refractivity contribution < 1.29 is 4.74 Å². The van der Waals surface area contributed by atoms with Gasteiger partial charge in [0.1, 0.15) is 0 Å². The highest BCUT2D eigenvalue weighted by atomic mass is 35.5. The third-order valence-corrected chi connectivity index (χ3v) is 3.83. The maximum atomic E-state index is 6.30. The summed E-state index contributed by atoms with van der Waals surface area (Å²) in [7, 11) is 0. The van der Waals surface area contributed by atoms with Crippen molar-refractivity contribution >= 4 is 11.6 Å². The lowest BCUT2D eigenvalue weighted by molar-refractivity contribution is 0.110. The van der Waals surface area contributed by atoms with Crippen LogP contribution in [-0.4, -0.2) is 25.8 Å². The third kappa shape index (κ3) is 5.13. The monoisotopic (exact) mass is 281 g/mol. The van der Waals surface area contributed by atoms with E-state index < -0.39 is 0 Å². The molecule has 1 fully saturated rings. The summed E-state index contributed by atoms with van der Waals surface area (Å²) in [6.45, 7) is 6.89. The number of hydrogen-bond acceptors (Lipinski definition) is 2. The normalized spacial score (nSPS) is 16.8. The highest BCUT2D eigenvalue weighted by molar-refractivity contribution is 6.31. The van der Waals surface area contributed by atoms with Gasteiger partial charge in [-0.25, -0.2) is 0 Å². The molecule has 0 aromatic heterocycles. The van der Waals surface area contributed by atoms with E-state index in [1.54, 1.807) is 0 Å². The van der Waals surface area contributed by atoms with Gasteiger partial charge in [0.25, 0.3) is 0 Å². The summed E-state index contributed by atoms with van der Waals surface area (Å²) in [4.78, 5) is 0. The SMILES string of the molecule is CC(C)NCC(COCC1CC1)c1ccccc1Cl. The number of rotatable bonds is 8. The van der Waals surface area contributed by atoms with Gasteiger partial charge >= 0.3 is 0 Å². The van der Waals surface area contributed by atoms with Crippen LogP contribution in [0.15, 0.2) is 24.3 Å². The molecule has 1 N–H and O–H groups in total. The van der Waals surface area contributed by atoms with Gasteiger partial charge in [-0.05, 0) is 30.4 Å². The van der Waals surface area contributed by atoms with Crippen molar-refractivity contribution in [1.29, 1.82) is 0 Å². The fourth-order valence-electron chi connectivity index (χ4n) is 2.10. The van der Waals surface area contributed by atoms with E-state index in [1.807, 2.05) is 18.2 Å². The van der Waals surface area contributed by atoms with Crippen molar-refractivity contribution in [3.05, 3.63) is 34.9 Å². The van der Waals surface area contributed by atoms with Crippen molar-refractivity contribution in [1.82, 2.24) is 5.32 Å². The van der Waals surface area contributed by atoms with Crippen LogP contribution in [0, 0.1) is 5.92 Å². The Morgan fingerprint density at radius 1 is 1.32 bits per heavy atom. The molecule has 1 aromatic rings. The highest BCUT2D eigenvalue weighted by Crippen LogP contribution is 2.30. The smallest absolute Gasteiger partial charge is 0.0547 e. The van der Waals surface area contributed by atoms with Gasteiger partial charge < -0.3 is 10.1 Å². The van der Waals surface area contributed by atoms with Crippen LogP contribution >= 0.6 is 11.6 Å². The van der Waals surface area contributed by atoms with E-state index in [2.05, 4.69) is 25.2 Å². The van der Waals surface area contributed by atoms with Crippen LogP contribution in [0.25, 0.3) is 0 Å². The number of hydrogen-bond donors (Lipinski definition) is 1. The molecular weight excluding hydrogens is 258 g/mol. The number of ether oxygens (including phenoxy) is 1. The van der Waals surface area contributed by atoms with Crippen molar-refractivity contribution in [3.8, 4) is 0 Å². The van der Waals surface area contributed by atoms with Crippen molar-refractivity contribution in [2.45, 2.75) is 38.6 Å². The van der Waals surface area contributed by atoms with Crippen molar-refractivity contribution in [3.63, 3.8) is 0 Å². The molecule has 0 amide bonds. The molecule has 1 saturated carbocycles. The molecule has 2 rings (SSSR count). The molecule has 1 aromatic carbocycles. The molecule has 0 spiro atoms. The van der Waals surface area contributed by atoms with Gasteiger partial charge in [0.05, 0.1) is 6.61 Å². The molecule has 1 aliphatic carbocycles. The predicted molar refractivity (Wildman–Crippen MR) is 80.9 cm³/mol. The average molecular weight is 282 g/mol. The summed E-state index contributed by atoms with van der Waals surface area (Å²) < 4.78 is 5.86. The first-order chi connectivity index (χ1) is 9.16. The molecule has 0 bridgehead atoms. The minimum Gasteiger partial charge on any atom is -0.380 e. The molecule has 19 heavy (non-hydrogen) atoms. The molecule has 106 valence electrons. The van der Waals surface area contributed by atoms with Gasteiger partial charge in [-0.15, -0.1) is 0 Å². The van der Waals surface area contributed by atoms with E-state index >= 15 is 0 Å². The van der Waals surface area contributed by atoms with Crippen LogP contribution in [0.2, 0.25) is 5.02 Å². The summed E-state index contributed by atoms with van der Waals surface area (Å²) in [5.74, 6) is 1.14. The largest absolute Gasteiger partial charge is 0.380 e.